The van der Waals surface area contributed by atoms with Crippen LogP contribution in [-0.4, -0.2) is 7.11 Å². The van der Waals surface area contributed by atoms with E-state index in [4.69, 9.17) is 4.74 Å². The predicted octanol–water partition coefficient (Wildman–Crippen LogP) is 5.33. The van der Waals surface area contributed by atoms with Crippen molar-refractivity contribution in [1.82, 2.24) is 0 Å². The minimum atomic E-state index is 0.649. The molecule has 114 valence electrons. The second-order valence-electron chi connectivity index (χ2n) is 7.92. The Hall–Kier alpha value is -0.980. The molecule has 0 radical (unpaired) electrons. The molecule has 1 nitrogen and oxygen atoms in total. The van der Waals surface area contributed by atoms with Crippen molar-refractivity contribution in [3.63, 3.8) is 0 Å². The Balaban J connectivity index is 1.69. The number of methoxy groups -OCH3 is 1. The third-order valence-electron chi connectivity index (χ3n) is 6.97. The van der Waals surface area contributed by atoms with Crippen molar-refractivity contribution < 1.29 is 4.74 Å². The van der Waals surface area contributed by atoms with Crippen molar-refractivity contribution in [1.29, 1.82) is 0 Å². The summed E-state index contributed by atoms with van der Waals surface area (Å²) in [4.78, 5) is 0. The lowest BCUT2D eigenvalue weighted by Gasteiger charge is -2.54. The van der Waals surface area contributed by atoms with Gasteiger partial charge in [0.15, 0.2) is 0 Å². The Morgan fingerprint density at radius 3 is 2.86 bits per heavy atom. The maximum Gasteiger partial charge on any atom is 0.119 e. The maximum atomic E-state index is 5.49. The average molecular weight is 284 g/mol. The highest BCUT2D eigenvalue weighted by Gasteiger charge is 2.48. The molecule has 2 saturated carbocycles. The monoisotopic (exact) mass is 284 g/mol. The minimum absolute atomic E-state index is 0.649. The Bertz CT molecular complexity index is 535. The molecular formula is C20H28O. The van der Waals surface area contributed by atoms with Crippen LogP contribution in [0.2, 0.25) is 0 Å². The maximum absolute atomic E-state index is 5.49. The van der Waals surface area contributed by atoms with Gasteiger partial charge in [0.05, 0.1) is 7.11 Å². The summed E-state index contributed by atoms with van der Waals surface area (Å²) in [6, 6.07) is 6.81. The number of aryl methyl sites for hydroxylation is 1. The molecule has 0 bridgehead atoms. The fourth-order valence-electron chi connectivity index (χ4n) is 5.83. The van der Waals surface area contributed by atoms with Gasteiger partial charge in [-0.25, -0.2) is 0 Å². The molecule has 1 aromatic carbocycles. The molecule has 0 aliphatic heterocycles. The summed E-state index contributed by atoms with van der Waals surface area (Å²) in [7, 11) is 1.79. The second-order valence-corrected chi connectivity index (χ2v) is 7.92. The molecule has 0 N–H and O–H groups in total. The summed E-state index contributed by atoms with van der Waals surface area (Å²) < 4.78 is 5.49. The zero-order valence-corrected chi connectivity index (χ0v) is 13.5. The van der Waals surface area contributed by atoms with Gasteiger partial charge in [-0.15, -0.1) is 0 Å². The SMILES string of the molecule is COc1ccc2c(c1)[C@H]1CC[C@]3(C)CCCC[C@H]3[C@@H]1CC2. The van der Waals surface area contributed by atoms with E-state index in [9.17, 15) is 0 Å². The molecule has 1 aromatic rings. The lowest BCUT2D eigenvalue weighted by molar-refractivity contribution is -0.00425. The summed E-state index contributed by atoms with van der Waals surface area (Å²) in [5, 5.41) is 0. The van der Waals surface area contributed by atoms with Crippen LogP contribution in [0.4, 0.5) is 0 Å². The molecule has 21 heavy (non-hydrogen) atoms. The highest BCUT2D eigenvalue weighted by atomic mass is 16.5. The molecule has 1 heteroatoms. The van der Waals surface area contributed by atoms with Crippen LogP contribution in [0.1, 0.15) is 68.9 Å². The fraction of sp³-hybridized carbons (Fsp3) is 0.700. The van der Waals surface area contributed by atoms with Gasteiger partial charge < -0.3 is 4.74 Å². The van der Waals surface area contributed by atoms with E-state index in [1.165, 1.54) is 51.4 Å². The van der Waals surface area contributed by atoms with E-state index in [1.807, 2.05) is 0 Å². The first-order valence-corrected chi connectivity index (χ1v) is 8.88. The number of benzene rings is 1. The third kappa shape index (κ3) is 2.12. The van der Waals surface area contributed by atoms with Crippen molar-refractivity contribution in [2.24, 2.45) is 17.3 Å². The molecule has 0 amide bonds. The van der Waals surface area contributed by atoms with Gasteiger partial charge in [-0.05, 0) is 85.0 Å². The van der Waals surface area contributed by atoms with Gasteiger partial charge in [-0.1, -0.05) is 25.8 Å². The van der Waals surface area contributed by atoms with E-state index in [-0.39, 0.29) is 0 Å². The van der Waals surface area contributed by atoms with E-state index >= 15 is 0 Å². The third-order valence-corrected chi connectivity index (χ3v) is 6.97. The number of rotatable bonds is 1. The predicted molar refractivity (Wildman–Crippen MR) is 86.8 cm³/mol. The Labute approximate surface area is 129 Å². The first-order chi connectivity index (χ1) is 10.2. The van der Waals surface area contributed by atoms with Crippen molar-refractivity contribution in [3.8, 4) is 5.75 Å². The second kappa shape index (κ2) is 5.04. The summed E-state index contributed by atoms with van der Waals surface area (Å²) in [6.45, 7) is 2.59. The van der Waals surface area contributed by atoms with Crippen LogP contribution in [0, 0.1) is 17.3 Å². The molecule has 4 atom stereocenters. The Morgan fingerprint density at radius 2 is 2.00 bits per heavy atom. The number of fused-ring (bicyclic) bond motifs is 5. The first-order valence-electron chi connectivity index (χ1n) is 8.88. The zero-order valence-electron chi connectivity index (χ0n) is 13.5. The zero-order chi connectivity index (χ0) is 14.4. The lowest BCUT2D eigenvalue weighted by atomic mass is 9.51. The standard InChI is InChI=1S/C20H28O/c1-20-11-4-3-5-19(20)17-9-7-14-6-8-15(21-2)13-18(14)16(17)10-12-20/h6,8,13,16-17,19H,3-5,7,9-12H2,1-2H3/t16-,17+,19-,20-/m0/s1. The van der Waals surface area contributed by atoms with Crippen LogP contribution in [0.25, 0.3) is 0 Å². The van der Waals surface area contributed by atoms with Crippen LogP contribution in [-0.2, 0) is 6.42 Å². The molecule has 0 unspecified atom stereocenters. The quantitative estimate of drug-likeness (QED) is 0.677. The molecule has 2 fully saturated rings. The van der Waals surface area contributed by atoms with E-state index < -0.39 is 0 Å². The molecule has 3 aliphatic rings. The summed E-state index contributed by atoms with van der Waals surface area (Å²) in [5.41, 5.74) is 3.87. The van der Waals surface area contributed by atoms with Crippen molar-refractivity contribution >= 4 is 0 Å². The van der Waals surface area contributed by atoms with Crippen LogP contribution in [0.3, 0.4) is 0 Å². The van der Waals surface area contributed by atoms with Gasteiger partial charge >= 0.3 is 0 Å². The van der Waals surface area contributed by atoms with Crippen LogP contribution in [0.5, 0.6) is 5.75 Å². The largest absolute Gasteiger partial charge is 0.497 e. The molecule has 0 saturated heterocycles. The minimum Gasteiger partial charge on any atom is -0.497 e. The summed E-state index contributed by atoms with van der Waals surface area (Å²) in [6.07, 6.45) is 11.4. The average Bonchev–Trinajstić information content (AvgIpc) is 2.53. The van der Waals surface area contributed by atoms with Gasteiger partial charge in [0.2, 0.25) is 0 Å². The highest BCUT2D eigenvalue weighted by molar-refractivity contribution is 5.40. The molecule has 0 heterocycles. The van der Waals surface area contributed by atoms with Gasteiger partial charge in [-0.2, -0.15) is 0 Å². The number of ether oxygens (including phenoxy) is 1. The Morgan fingerprint density at radius 1 is 1.10 bits per heavy atom. The smallest absolute Gasteiger partial charge is 0.119 e. The van der Waals surface area contributed by atoms with Crippen molar-refractivity contribution in [2.75, 3.05) is 7.11 Å². The van der Waals surface area contributed by atoms with Gasteiger partial charge in [0.25, 0.3) is 0 Å². The number of hydrogen-bond acceptors (Lipinski definition) is 1. The topological polar surface area (TPSA) is 9.23 Å². The Kier molecular flexibility index (Phi) is 3.28. The molecule has 0 spiro atoms. The van der Waals surface area contributed by atoms with Crippen LogP contribution >= 0.6 is 0 Å². The van der Waals surface area contributed by atoms with Crippen LogP contribution < -0.4 is 4.74 Å². The molecule has 0 aromatic heterocycles. The highest BCUT2D eigenvalue weighted by Crippen LogP contribution is 2.59. The van der Waals surface area contributed by atoms with Gasteiger partial charge in [0, 0.05) is 0 Å². The molecule has 4 rings (SSSR count). The van der Waals surface area contributed by atoms with Crippen molar-refractivity contribution in [3.05, 3.63) is 29.3 Å². The number of hydrogen-bond donors (Lipinski definition) is 0. The fourth-order valence-corrected chi connectivity index (χ4v) is 5.83. The van der Waals surface area contributed by atoms with E-state index in [2.05, 4.69) is 25.1 Å². The molecule has 3 aliphatic carbocycles. The summed E-state index contributed by atoms with van der Waals surface area (Å²) in [5.74, 6) is 3.76. The van der Waals surface area contributed by atoms with E-state index in [1.54, 1.807) is 18.2 Å². The normalized spacial score (nSPS) is 38.1. The summed E-state index contributed by atoms with van der Waals surface area (Å²) >= 11 is 0. The van der Waals surface area contributed by atoms with Gasteiger partial charge in [-0.3, -0.25) is 0 Å². The van der Waals surface area contributed by atoms with E-state index in [0.29, 0.717) is 5.41 Å². The molecular weight excluding hydrogens is 256 g/mol. The lowest BCUT2D eigenvalue weighted by Crippen LogP contribution is -2.44. The van der Waals surface area contributed by atoms with E-state index in [0.717, 1.165) is 23.5 Å². The van der Waals surface area contributed by atoms with Crippen molar-refractivity contribution in [2.45, 2.75) is 64.2 Å². The van der Waals surface area contributed by atoms with Crippen LogP contribution in [0.15, 0.2) is 18.2 Å². The van der Waals surface area contributed by atoms with Gasteiger partial charge in [0.1, 0.15) is 5.75 Å². The first kappa shape index (κ1) is 13.7.